The second-order valence-electron chi connectivity index (χ2n) is 4.51. The minimum atomic E-state index is -2.58. The van der Waals surface area contributed by atoms with Gasteiger partial charge in [-0.3, -0.25) is 4.79 Å². The summed E-state index contributed by atoms with van der Waals surface area (Å²) in [7, 11) is 1.32. The molecule has 0 aliphatic heterocycles. The van der Waals surface area contributed by atoms with Crippen molar-refractivity contribution < 1.29 is 13.6 Å². The van der Waals surface area contributed by atoms with E-state index < -0.39 is 18.9 Å². The lowest BCUT2D eigenvalue weighted by atomic mass is 10.1. The first kappa shape index (κ1) is 14.6. The average Bonchev–Trinajstić information content (AvgIpc) is 2.70. The van der Waals surface area contributed by atoms with Crippen molar-refractivity contribution in [2.45, 2.75) is 20.3 Å². The standard InChI is InChI=1S/C12H14F2N4OS/c1-5-6(2)16-17-11-8(5)9(15)10(20-11)12(19)18(3)4-7(13)14/h7H,4,15H2,1-3H3. The summed E-state index contributed by atoms with van der Waals surface area (Å²) >= 11 is 1.08. The number of hydrogen-bond donors (Lipinski definition) is 1. The maximum absolute atomic E-state index is 12.3. The summed E-state index contributed by atoms with van der Waals surface area (Å²) in [5, 5.41) is 8.65. The van der Waals surface area contributed by atoms with Gasteiger partial charge in [-0.05, 0) is 19.4 Å². The van der Waals surface area contributed by atoms with Crippen molar-refractivity contribution in [1.82, 2.24) is 15.1 Å². The van der Waals surface area contributed by atoms with Gasteiger partial charge in [0.25, 0.3) is 12.3 Å². The van der Waals surface area contributed by atoms with Gasteiger partial charge in [0.15, 0.2) is 0 Å². The fourth-order valence-electron chi connectivity index (χ4n) is 1.86. The first-order valence-corrected chi connectivity index (χ1v) is 6.70. The maximum Gasteiger partial charge on any atom is 0.266 e. The molecule has 0 fully saturated rings. The lowest BCUT2D eigenvalue weighted by Crippen LogP contribution is -2.31. The molecule has 1 amide bonds. The second kappa shape index (κ2) is 5.28. The van der Waals surface area contributed by atoms with Crippen LogP contribution in [0, 0.1) is 13.8 Å². The lowest BCUT2D eigenvalue weighted by Gasteiger charge is -2.15. The van der Waals surface area contributed by atoms with Gasteiger partial charge in [0, 0.05) is 12.4 Å². The number of amides is 1. The van der Waals surface area contributed by atoms with Gasteiger partial charge in [0.1, 0.15) is 9.71 Å². The fraction of sp³-hybridized carbons (Fsp3) is 0.417. The SMILES string of the molecule is Cc1nnc2sc(C(=O)N(C)CC(F)F)c(N)c2c1C. The molecule has 0 atom stereocenters. The summed E-state index contributed by atoms with van der Waals surface area (Å²) in [5.41, 5.74) is 7.84. The summed E-state index contributed by atoms with van der Waals surface area (Å²) in [6.45, 7) is 3.01. The molecule has 0 aliphatic carbocycles. The molecular weight excluding hydrogens is 286 g/mol. The van der Waals surface area contributed by atoms with Gasteiger partial charge in [-0.1, -0.05) is 0 Å². The Balaban J connectivity index is 2.48. The molecule has 20 heavy (non-hydrogen) atoms. The Hall–Kier alpha value is -1.83. The number of aromatic nitrogens is 2. The summed E-state index contributed by atoms with van der Waals surface area (Å²) in [5.74, 6) is -0.525. The van der Waals surface area contributed by atoms with E-state index in [-0.39, 0.29) is 10.6 Å². The molecule has 108 valence electrons. The molecule has 2 N–H and O–H groups in total. The van der Waals surface area contributed by atoms with Crippen molar-refractivity contribution in [1.29, 1.82) is 0 Å². The molecule has 2 heterocycles. The Morgan fingerprint density at radius 2 is 2.05 bits per heavy atom. The van der Waals surface area contributed by atoms with Gasteiger partial charge >= 0.3 is 0 Å². The predicted octanol–water partition coefficient (Wildman–Crippen LogP) is 2.23. The third kappa shape index (κ3) is 2.43. The van der Waals surface area contributed by atoms with E-state index >= 15 is 0 Å². The summed E-state index contributed by atoms with van der Waals surface area (Å²) in [6.07, 6.45) is -2.58. The Kier molecular flexibility index (Phi) is 3.85. The van der Waals surface area contributed by atoms with Crippen LogP contribution in [0.3, 0.4) is 0 Å². The predicted molar refractivity (Wildman–Crippen MR) is 74.3 cm³/mol. The van der Waals surface area contributed by atoms with Gasteiger partial charge in [0.05, 0.1) is 17.9 Å². The molecule has 0 aromatic carbocycles. The molecule has 0 saturated carbocycles. The number of thiophene rings is 1. The van der Waals surface area contributed by atoms with Crippen LogP contribution in [0.4, 0.5) is 14.5 Å². The summed E-state index contributed by atoms with van der Waals surface area (Å²) < 4.78 is 24.7. The molecule has 0 bridgehead atoms. The Morgan fingerprint density at radius 3 is 2.65 bits per heavy atom. The number of anilines is 1. The number of nitrogens with zero attached hydrogens (tertiary/aromatic N) is 3. The van der Waals surface area contributed by atoms with Crippen molar-refractivity contribution >= 4 is 33.1 Å². The van der Waals surface area contributed by atoms with Gasteiger partial charge in [0.2, 0.25) is 0 Å². The number of fused-ring (bicyclic) bond motifs is 1. The summed E-state index contributed by atoms with van der Waals surface area (Å²) in [4.78, 5) is 13.9. The van der Waals surface area contributed by atoms with Crippen LogP contribution < -0.4 is 5.73 Å². The molecule has 2 aromatic heterocycles. The molecular formula is C12H14F2N4OS. The number of alkyl halides is 2. The number of carbonyl (C=O) groups excluding carboxylic acids is 1. The number of nitrogen functional groups attached to an aromatic ring is 1. The second-order valence-corrected chi connectivity index (χ2v) is 5.51. The van der Waals surface area contributed by atoms with E-state index in [2.05, 4.69) is 10.2 Å². The maximum atomic E-state index is 12.3. The van der Waals surface area contributed by atoms with Gasteiger partial charge in [-0.15, -0.1) is 16.4 Å². The zero-order valence-corrected chi connectivity index (χ0v) is 12.1. The van der Waals surface area contributed by atoms with E-state index in [1.807, 2.05) is 6.92 Å². The third-order valence-corrected chi connectivity index (χ3v) is 4.17. The van der Waals surface area contributed by atoms with Crippen LogP contribution >= 0.6 is 11.3 Å². The van der Waals surface area contributed by atoms with Crippen LogP contribution in [0.25, 0.3) is 10.2 Å². The van der Waals surface area contributed by atoms with Crippen molar-refractivity contribution in [3.05, 3.63) is 16.1 Å². The Labute approximate surface area is 118 Å². The van der Waals surface area contributed by atoms with E-state index in [0.717, 1.165) is 27.5 Å². The number of halogens is 2. The molecule has 2 aromatic rings. The molecule has 5 nitrogen and oxygen atoms in total. The smallest absolute Gasteiger partial charge is 0.266 e. The highest BCUT2D eigenvalue weighted by Gasteiger charge is 2.23. The van der Waals surface area contributed by atoms with Crippen LogP contribution in [0.2, 0.25) is 0 Å². The van der Waals surface area contributed by atoms with Crippen molar-refractivity contribution in [3.63, 3.8) is 0 Å². The highest BCUT2D eigenvalue weighted by Crippen LogP contribution is 2.35. The highest BCUT2D eigenvalue weighted by molar-refractivity contribution is 7.21. The molecule has 8 heteroatoms. The first-order valence-electron chi connectivity index (χ1n) is 5.88. The lowest BCUT2D eigenvalue weighted by molar-refractivity contribution is 0.0625. The van der Waals surface area contributed by atoms with E-state index in [1.54, 1.807) is 6.92 Å². The number of carbonyl (C=O) groups is 1. The van der Waals surface area contributed by atoms with Gasteiger partial charge < -0.3 is 10.6 Å². The zero-order valence-electron chi connectivity index (χ0n) is 11.3. The van der Waals surface area contributed by atoms with E-state index in [0.29, 0.717) is 10.2 Å². The minimum Gasteiger partial charge on any atom is -0.397 e. The number of hydrogen-bond acceptors (Lipinski definition) is 5. The molecule has 0 saturated heterocycles. The minimum absolute atomic E-state index is 0.228. The topological polar surface area (TPSA) is 72.1 Å². The molecule has 2 rings (SSSR count). The Bertz CT molecular complexity index is 671. The monoisotopic (exact) mass is 300 g/mol. The largest absolute Gasteiger partial charge is 0.397 e. The van der Waals surface area contributed by atoms with Gasteiger partial charge in [-0.2, -0.15) is 5.10 Å². The number of nitrogens with two attached hydrogens (primary N) is 1. The van der Waals surface area contributed by atoms with E-state index in [1.165, 1.54) is 7.05 Å². The summed E-state index contributed by atoms with van der Waals surface area (Å²) in [6, 6.07) is 0. The Morgan fingerprint density at radius 1 is 1.40 bits per heavy atom. The van der Waals surface area contributed by atoms with Crippen LogP contribution in [0.15, 0.2) is 0 Å². The highest BCUT2D eigenvalue weighted by atomic mass is 32.1. The zero-order chi connectivity index (χ0) is 15.0. The average molecular weight is 300 g/mol. The molecule has 0 unspecified atom stereocenters. The van der Waals surface area contributed by atoms with Crippen molar-refractivity contribution in [3.8, 4) is 0 Å². The van der Waals surface area contributed by atoms with Crippen LogP contribution in [0.5, 0.6) is 0 Å². The van der Waals surface area contributed by atoms with Crippen LogP contribution in [-0.2, 0) is 0 Å². The normalized spacial score (nSPS) is 11.3. The number of aryl methyl sites for hydroxylation is 2. The van der Waals surface area contributed by atoms with E-state index in [9.17, 15) is 13.6 Å². The third-order valence-electron chi connectivity index (χ3n) is 3.09. The quantitative estimate of drug-likeness (QED) is 0.943. The van der Waals surface area contributed by atoms with Crippen molar-refractivity contribution in [2.24, 2.45) is 0 Å². The molecule has 0 aliphatic rings. The molecule has 0 radical (unpaired) electrons. The fourth-order valence-corrected chi connectivity index (χ4v) is 2.96. The van der Waals surface area contributed by atoms with Gasteiger partial charge in [-0.25, -0.2) is 8.78 Å². The number of rotatable bonds is 3. The van der Waals surface area contributed by atoms with Crippen LogP contribution in [-0.4, -0.2) is 41.0 Å². The van der Waals surface area contributed by atoms with Crippen LogP contribution in [0.1, 0.15) is 20.9 Å². The van der Waals surface area contributed by atoms with E-state index in [4.69, 9.17) is 5.73 Å². The van der Waals surface area contributed by atoms with Crippen molar-refractivity contribution in [2.75, 3.05) is 19.3 Å². The molecule has 0 spiro atoms. The first-order chi connectivity index (χ1) is 9.32.